The Kier molecular flexibility index (Phi) is 2.67. The summed E-state index contributed by atoms with van der Waals surface area (Å²) in [5, 5.41) is 12.4. The Balaban J connectivity index is 2.69. The number of benzene rings is 1. The van der Waals surface area contributed by atoms with Gasteiger partial charge in [0.2, 0.25) is 0 Å². The standard InChI is InChI=1S/C10H11NOS2/c1-13-10-5-14-9-2-6(4-12)8(11)3-7(9)10/h2-3,5,12H,4,11H2,1H3. The fraction of sp³-hybridized carbons (Fsp3) is 0.200. The molecule has 0 atom stereocenters. The smallest absolute Gasteiger partial charge is 0.0702 e. The highest BCUT2D eigenvalue weighted by Gasteiger charge is 2.06. The van der Waals surface area contributed by atoms with E-state index in [-0.39, 0.29) is 6.61 Å². The van der Waals surface area contributed by atoms with Gasteiger partial charge >= 0.3 is 0 Å². The van der Waals surface area contributed by atoms with Gasteiger partial charge in [0.15, 0.2) is 0 Å². The lowest BCUT2D eigenvalue weighted by Gasteiger charge is -2.02. The molecule has 0 aliphatic carbocycles. The van der Waals surface area contributed by atoms with Gasteiger partial charge in [0, 0.05) is 31.6 Å². The molecule has 4 heteroatoms. The molecule has 0 spiro atoms. The molecule has 74 valence electrons. The van der Waals surface area contributed by atoms with Crippen molar-refractivity contribution in [1.82, 2.24) is 0 Å². The lowest BCUT2D eigenvalue weighted by Crippen LogP contribution is -1.93. The van der Waals surface area contributed by atoms with Gasteiger partial charge in [0.25, 0.3) is 0 Å². The molecule has 14 heavy (non-hydrogen) atoms. The van der Waals surface area contributed by atoms with Crippen molar-refractivity contribution in [3.63, 3.8) is 0 Å². The number of rotatable bonds is 2. The van der Waals surface area contributed by atoms with Crippen LogP contribution in [0.5, 0.6) is 0 Å². The Hall–Kier alpha value is -0.710. The van der Waals surface area contributed by atoms with Gasteiger partial charge in [-0.25, -0.2) is 0 Å². The molecular formula is C10H11NOS2. The first-order chi connectivity index (χ1) is 6.76. The first-order valence-electron chi connectivity index (χ1n) is 4.20. The number of anilines is 1. The van der Waals surface area contributed by atoms with Gasteiger partial charge in [-0.2, -0.15) is 0 Å². The van der Waals surface area contributed by atoms with Crippen molar-refractivity contribution in [3.8, 4) is 0 Å². The van der Waals surface area contributed by atoms with Crippen molar-refractivity contribution in [2.45, 2.75) is 11.5 Å². The van der Waals surface area contributed by atoms with Crippen molar-refractivity contribution in [2.75, 3.05) is 12.0 Å². The highest BCUT2D eigenvalue weighted by molar-refractivity contribution is 7.99. The average Bonchev–Trinajstić information content (AvgIpc) is 2.58. The van der Waals surface area contributed by atoms with Crippen LogP contribution >= 0.6 is 23.1 Å². The summed E-state index contributed by atoms with van der Waals surface area (Å²) >= 11 is 3.41. The zero-order chi connectivity index (χ0) is 10.1. The Morgan fingerprint density at radius 3 is 2.93 bits per heavy atom. The van der Waals surface area contributed by atoms with E-state index in [0.29, 0.717) is 5.69 Å². The van der Waals surface area contributed by atoms with E-state index in [1.165, 1.54) is 15.0 Å². The van der Waals surface area contributed by atoms with E-state index in [1.54, 1.807) is 23.1 Å². The molecule has 0 bridgehead atoms. The average molecular weight is 225 g/mol. The van der Waals surface area contributed by atoms with Crippen LogP contribution in [0.3, 0.4) is 0 Å². The fourth-order valence-corrected chi connectivity index (χ4v) is 3.25. The lowest BCUT2D eigenvalue weighted by atomic mass is 10.1. The minimum atomic E-state index is 0.00821. The predicted molar refractivity (Wildman–Crippen MR) is 63.9 cm³/mol. The number of hydrogen-bond acceptors (Lipinski definition) is 4. The largest absolute Gasteiger partial charge is 0.398 e. The normalized spacial score (nSPS) is 11.0. The van der Waals surface area contributed by atoms with Crippen LogP contribution in [0.2, 0.25) is 0 Å². The first kappa shape index (κ1) is 9.83. The molecule has 0 fully saturated rings. The number of fused-ring (bicyclic) bond motifs is 1. The molecule has 0 saturated carbocycles. The zero-order valence-electron chi connectivity index (χ0n) is 7.78. The van der Waals surface area contributed by atoms with E-state index in [9.17, 15) is 0 Å². The molecule has 0 aliphatic heterocycles. The van der Waals surface area contributed by atoms with E-state index in [2.05, 4.69) is 11.6 Å². The van der Waals surface area contributed by atoms with Gasteiger partial charge in [-0.15, -0.1) is 23.1 Å². The summed E-state index contributed by atoms with van der Waals surface area (Å²) in [6.07, 6.45) is 2.05. The third-order valence-electron chi connectivity index (χ3n) is 2.19. The summed E-state index contributed by atoms with van der Waals surface area (Å²) in [5.41, 5.74) is 7.30. The molecule has 0 amide bonds. The molecular weight excluding hydrogens is 214 g/mol. The number of hydrogen-bond donors (Lipinski definition) is 2. The molecule has 1 heterocycles. The monoisotopic (exact) mass is 225 g/mol. The second-order valence-corrected chi connectivity index (χ2v) is 4.77. The van der Waals surface area contributed by atoms with Crippen LogP contribution in [0.1, 0.15) is 5.56 Å². The lowest BCUT2D eigenvalue weighted by molar-refractivity contribution is 0.283. The summed E-state index contributed by atoms with van der Waals surface area (Å²) in [6.45, 7) is 0.00821. The van der Waals surface area contributed by atoms with Crippen LogP contribution in [-0.4, -0.2) is 11.4 Å². The number of nitrogens with two attached hydrogens (primary N) is 1. The number of thiophene rings is 1. The third-order valence-corrected chi connectivity index (χ3v) is 4.06. The molecule has 0 saturated heterocycles. The summed E-state index contributed by atoms with van der Waals surface area (Å²) in [4.78, 5) is 1.25. The fourth-order valence-electron chi connectivity index (χ4n) is 1.40. The summed E-state index contributed by atoms with van der Waals surface area (Å²) in [5.74, 6) is 0. The number of thioether (sulfide) groups is 1. The van der Waals surface area contributed by atoms with Crippen molar-refractivity contribution < 1.29 is 5.11 Å². The third kappa shape index (κ3) is 1.49. The summed E-state index contributed by atoms with van der Waals surface area (Å²) < 4.78 is 1.19. The van der Waals surface area contributed by atoms with E-state index >= 15 is 0 Å². The van der Waals surface area contributed by atoms with E-state index in [0.717, 1.165) is 5.56 Å². The molecule has 0 unspecified atom stereocenters. The maximum atomic E-state index is 9.06. The Morgan fingerprint density at radius 2 is 2.29 bits per heavy atom. The van der Waals surface area contributed by atoms with Gasteiger partial charge in [-0.1, -0.05) is 0 Å². The second-order valence-electron chi connectivity index (χ2n) is 3.01. The topological polar surface area (TPSA) is 46.2 Å². The van der Waals surface area contributed by atoms with Gasteiger partial charge in [0.1, 0.15) is 0 Å². The van der Waals surface area contributed by atoms with Crippen LogP contribution in [0.15, 0.2) is 22.4 Å². The highest BCUT2D eigenvalue weighted by atomic mass is 32.2. The maximum absolute atomic E-state index is 9.06. The molecule has 1 aromatic heterocycles. The van der Waals surface area contributed by atoms with Gasteiger partial charge in [-0.3, -0.25) is 0 Å². The Morgan fingerprint density at radius 1 is 1.50 bits per heavy atom. The number of aliphatic hydroxyl groups excluding tert-OH is 1. The molecule has 0 radical (unpaired) electrons. The van der Waals surface area contributed by atoms with Crippen molar-refractivity contribution in [1.29, 1.82) is 0 Å². The first-order valence-corrected chi connectivity index (χ1v) is 6.31. The van der Waals surface area contributed by atoms with Gasteiger partial charge in [0.05, 0.1) is 6.61 Å². The zero-order valence-corrected chi connectivity index (χ0v) is 9.41. The Labute approximate surface area is 90.7 Å². The van der Waals surface area contributed by atoms with Crippen LogP contribution in [0.25, 0.3) is 10.1 Å². The van der Waals surface area contributed by atoms with Crippen molar-refractivity contribution in [3.05, 3.63) is 23.1 Å². The van der Waals surface area contributed by atoms with E-state index in [1.807, 2.05) is 12.1 Å². The summed E-state index contributed by atoms with van der Waals surface area (Å²) in [7, 11) is 0. The van der Waals surface area contributed by atoms with Crippen LogP contribution in [-0.2, 0) is 6.61 Å². The van der Waals surface area contributed by atoms with E-state index < -0.39 is 0 Å². The quantitative estimate of drug-likeness (QED) is 0.610. The summed E-state index contributed by atoms with van der Waals surface area (Å²) in [6, 6.07) is 3.91. The Bertz CT molecular complexity index is 464. The number of nitrogen functional groups attached to an aromatic ring is 1. The minimum absolute atomic E-state index is 0.00821. The maximum Gasteiger partial charge on any atom is 0.0702 e. The SMILES string of the molecule is CSc1csc2cc(CO)c(N)cc12. The molecule has 3 N–H and O–H groups in total. The van der Waals surface area contributed by atoms with Gasteiger partial charge in [-0.05, 0) is 18.4 Å². The molecule has 0 aliphatic rings. The highest BCUT2D eigenvalue weighted by Crippen LogP contribution is 2.34. The van der Waals surface area contributed by atoms with Crippen molar-refractivity contribution in [2.24, 2.45) is 0 Å². The second kappa shape index (κ2) is 3.81. The predicted octanol–water partition coefficient (Wildman–Crippen LogP) is 2.70. The van der Waals surface area contributed by atoms with Crippen LogP contribution < -0.4 is 5.73 Å². The molecule has 2 nitrogen and oxygen atoms in total. The van der Waals surface area contributed by atoms with Crippen molar-refractivity contribution >= 4 is 38.9 Å². The van der Waals surface area contributed by atoms with E-state index in [4.69, 9.17) is 10.8 Å². The number of aliphatic hydroxyl groups is 1. The van der Waals surface area contributed by atoms with Crippen LogP contribution in [0.4, 0.5) is 5.69 Å². The molecule has 2 aromatic rings. The van der Waals surface area contributed by atoms with Gasteiger partial charge < -0.3 is 10.8 Å². The minimum Gasteiger partial charge on any atom is -0.398 e. The molecule has 1 aromatic carbocycles. The van der Waals surface area contributed by atoms with Crippen LogP contribution in [0, 0.1) is 0 Å². The molecule has 2 rings (SSSR count).